The molecule has 12 nitrogen and oxygen atoms in total. The van der Waals surface area contributed by atoms with Crippen molar-refractivity contribution in [2.24, 2.45) is 23.7 Å². The molecule has 0 heterocycles. The van der Waals surface area contributed by atoms with Crippen molar-refractivity contribution in [3.63, 3.8) is 0 Å². The number of halogens is 4. The maximum absolute atomic E-state index is 13.1. The van der Waals surface area contributed by atoms with Crippen LogP contribution in [-0.4, -0.2) is 65.5 Å². The highest BCUT2D eigenvalue weighted by Gasteiger charge is 2.46. The van der Waals surface area contributed by atoms with Gasteiger partial charge in [0.2, 0.25) is 11.8 Å². The van der Waals surface area contributed by atoms with Crippen LogP contribution in [0.5, 0.6) is 11.5 Å². The van der Waals surface area contributed by atoms with Gasteiger partial charge in [-0.15, -0.1) is 0 Å². The number of carbonyl (C=O) groups is 2. The van der Waals surface area contributed by atoms with E-state index >= 15 is 0 Å². The predicted octanol–water partition coefficient (Wildman–Crippen LogP) is 6.73. The Kier molecular flexibility index (Phi) is 15.9. The summed E-state index contributed by atoms with van der Waals surface area (Å²) in [4.78, 5) is 25.2. The van der Waals surface area contributed by atoms with E-state index in [9.17, 15) is 35.2 Å². The molecule has 60 heavy (non-hydrogen) atoms. The number of benzene rings is 4. The van der Waals surface area contributed by atoms with Crippen molar-refractivity contribution in [2.75, 3.05) is 26.3 Å². The van der Waals surface area contributed by atoms with E-state index in [-0.39, 0.29) is 83.6 Å². The van der Waals surface area contributed by atoms with Gasteiger partial charge in [0.25, 0.3) is 0 Å². The van der Waals surface area contributed by atoms with Gasteiger partial charge in [0, 0.05) is 23.7 Å². The van der Waals surface area contributed by atoms with Crippen LogP contribution in [0.15, 0.2) is 107 Å². The van der Waals surface area contributed by atoms with Crippen LogP contribution in [0.4, 0.5) is 8.78 Å². The van der Waals surface area contributed by atoms with Crippen LogP contribution >= 0.6 is 23.2 Å². The summed E-state index contributed by atoms with van der Waals surface area (Å²) >= 11 is 12.2. The normalized spacial score (nSPS) is 21.0. The second-order valence-corrected chi connectivity index (χ2v) is 19.4. The van der Waals surface area contributed by atoms with Crippen molar-refractivity contribution >= 4 is 54.7 Å². The number of sulfone groups is 2. The van der Waals surface area contributed by atoms with Crippen molar-refractivity contribution in [1.29, 1.82) is 10.5 Å². The third-order valence-corrected chi connectivity index (χ3v) is 15.7. The van der Waals surface area contributed by atoms with E-state index in [2.05, 4.69) is 10.6 Å². The molecule has 2 amide bonds. The van der Waals surface area contributed by atoms with Crippen LogP contribution in [0.25, 0.3) is 0 Å². The minimum absolute atomic E-state index is 0.0351. The zero-order chi connectivity index (χ0) is 43.5. The molecule has 4 aromatic rings. The summed E-state index contributed by atoms with van der Waals surface area (Å²) in [7, 11) is -7.52. The number of ether oxygens (including phenoxy) is 2. The lowest BCUT2D eigenvalue weighted by atomic mass is 9.96. The molecule has 0 spiro atoms. The number of hydrogen-bond acceptors (Lipinski definition) is 10. The van der Waals surface area contributed by atoms with Crippen molar-refractivity contribution in [3.8, 4) is 23.6 Å². The molecule has 0 radical (unpaired) electrons. The molecule has 316 valence electrons. The monoisotopic (exact) mass is 900 g/mol. The fourth-order valence-corrected chi connectivity index (χ4v) is 12.1. The lowest BCUT2D eigenvalue weighted by Crippen LogP contribution is -2.34. The third-order valence-electron chi connectivity index (χ3n) is 10.4. The summed E-state index contributed by atoms with van der Waals surface area (Å²) in [6, 6.07) is 27.0. The number of nitriles is 2. The summed E-state index contributed by atoms with van der Waals surface area (Å²) < 4.78 is 90.1. The highest BCUT2D eigenvalue weighted by atomic mass is 35.5. The van der Waals surface area contributed by atoms with Gasteiger partial charge in [-0.2, -0.15) is 10.5 Å². The fraction of sp³-hybridized carbons (Fsp3) is 0.333. The summed E-state index contributed by atoms with van der Waals surface area (Å²) in [6.07, 6.45) is 0.614. The largest absolute Gasteiger partial charge is 0.493 e. The molecule has 0 aromatic heterocycles. The second kappa shape index (κ2) is 20.8. The van der Waals surface area contributed by atoms with Crippen LogP contribution in [0.2, 0.25) is 10.0 Å². The Balaban J connectivity index is 0.000000228. The summed E-state index contributed by atoms with van der Waals surface area (Å²) in [5.41, 5.74) is 0. The topological polar surface area (TPSA) is 193 Å². The quantitative estimate of drug-likeness (QED) is 0.128. The van der Waals surface area contributed by atoms with Crippen LogP contribution in [0.1, 0.15) is 25.7 Å². The fourth-order valence-electron chi connectivity index (χ4n) is 7.36. The average molecular weight is 902 g/mol. The van der Waals surface area contributed by atoms with Gasteiger partial charge in [-0.05, 0) is 98.5 Å². The number of nitrogens with zero attached hydrogens (tertiary/aromatic N) is 2. The number of amides is 2. The van der Waals surface area contributed by atoms with E-state index in [0.717, 1.165) is 0 Å². The molecule has 18 heteroatoms. The molecule has 0 bridgehead atoms. The predicted molar refractivity (Wildman–Crippen MR) is 218 cm³/mol. The van der Waals surface area contributed by atoms with Crippen LogP contribution in [0, 0.1) is 58.0 Å². The SMILES string of the molecule is N#CCNC(=O)[C@@H]1C[C@@H](S(=O)(=O)c2ccccc2Cl)C[C@H]1COc1ccc(F)cc1.N#CCNC(=O)[C@@H]1C[C@H](S(=O)(=O)c2ccccc2Cl)C[C@H]1COc1ccc(F)cc1. The van der Waals surface area contributed by atoms with Crippen molar-refractivity contribution in [2.45, 2.75) is 46.0 Å². The van der Waals surface area contributed by atoms with E-state index < -0.39 is 65.5 Å². The Labute approximate surface area is 357 Å². The Morgan fingerprint density at radius 2 is 0.950 bits per heavy atom. The van der Waals surface area contributed by atoms with Gasteiger partial charge < -0.3 is 20.1 Å². The summed E-state index contributed by atoms with van der Waals surface area (Å²) in [6.45, 7) is -0.152. The van der Waals surface area contributed by atoms with E-state index in [1.165, 1.54) is 72.8 Å². The first-order valence-corrected chi connectivity index (χ1v) is 22.5. The summed E-state index contributed by atoms with van der Waals surface area (Å²) in [5, 5.41) is 21.1. The Hall–Kier alpha value is -5.26. The molecule has 6 atom stereocenters. The first kappa shape index (κ1) is 45.8. The number of rotatable bonds is 14. The van der Waals surface area contributed by atoms with Crippen LogP contribution < -0.4 is 20.1 Å². The molecule has 0 aliphatic heterocycles. The standard InChI is InChI=1S/2C21H20ClFN2O4S/c2*22-19-3-1-2-4-20(19)30(27,28)17-11-14(18(12-17)21(26)25-10-9-24)13-29-16-7-5-15(23)6-8-16/h2*1-8,14,17-18H,10-13H2,(H,25,26)/t14-,17+,18+;14-,17-,18+/m00/s1. The first-order valence-electron chi connectivity index (χ1n) is 18.7. The number of nitrogens with one attached hydrogen (secondary N) is 2. The molecule has 2 N–H and O–H groups in total. The Bertz CT molecular complexity index is 2280. The van der Waals surface area contributed by atoms with Gasteiger partial charge in [0.1, 0.15) is 36.2 Å². The Morgan fingerprint density at radius 1 is 0.600 bits per heavy atom. The first-order chi connectivity index (χ1) is 28.6. The minimum Gasteiger partial charge on any atom is -0.493 e. The van der Waals surface area contributed by atoms with Gasteiger partial charge in [-0.25, -0.2) is 25.6 Å². The highest BCUT2D eigenvalue weighted by molar-refractivity contribution is 7.92. The molecule has 4 aromatic carbocycles. The van der Waals surface area contributed by atoms with Gasteiger partial charge in [0.05, 0.1) is 55.7 Å². The number of hydrogen-bond donors (Lipinski definition) is 2. The van der Waals surface area contributed by atoms with E-state index in [4.69, 9.17) is 43.2 Å². The second-order valence-electron chi connectivity index (χ2n) is 14.2. The molecule has 0 saturated heterocycles. The average Bonchev–Trinajstić information content (AvgIpc) is 3.88. The maximum Gasteiger partial charge on any atom is 0.224 e. The van der Waals surface area contributed by atoms with Gasteiger partial charge >= 0.3 is 0 Å². The van der Waals surface area contributed by atoms with E-state index in [0.29, 0.717) is 11.5 Å². The zero-order valence-electron chi connectivity index (χ0n) is 31.8. The smallest absolute Gasteiger partial charge is 0.224 e. The highest BCUT2D eigenvalue weighted by Crippen LogP contribution is 2.41. The van der Waals surface area contributed by atoms with Crippen LogP contribution in [0.3, 0.4) is 0 Å². The van der Waals surface area contributed by atoms with Crippen LogP contribution in [-0.2, 0) is 29.3 Å². The van der Waals surface area contributed by atoms with Gasteiger partial charge in [-0.1, -0.05) is 47.5 Å². The van der Waals surface area contributed by atoms with Gasteiger partial charge in [0.15, 0.2) is 19.7 Å². The Morgan fingerprint density at radius 3 is 1.28 bits per heavy atom. The van der Waals surface area contributed by atoms with E-state index in [1.807, 2.05) is 12.1 Å². The van der Waals surface area contributed by atoms with Crippen molar-refractivity contribution < 1.29 is 44.7 Å². The molecule has 2 fully saturated rings. The molecule has 2 aliphatic carbocycles. The lowest BCUT2D eigenvalue weighted by molar-refractivity contribution is -0.126. The zero-order valence-corrected chi connectivity index (χ0v) is 35.0. The maximum atomic E-state index is 13.1. The summed E-state index contributed by atoms with van der Waals surface area (Å²) in [5.74, 6) is -2.79. The third kappa shape index (κ3) is 11.5. The molecule has 2 aliphatic rings. The van der Waals surface area contributed by atoms with Crippen molar-refractivity contribution in [1.82, 2.24) is 10.6 Å². The molecule has 6 rings (SSSR count). The molecular formula is C42H40Cl2F2N4O8S2. The molecule has 2 saturated carbocycles. The minimum atomic E-state index is -3.76. The number of carbonyl (C=O) groups excluding carboxylic acids is 2. The van der Waals surface area contributed by atoms with Gasteiger partial charge in [-0.3, -0.25) is 9.59 Å². The molecule has 0 unspecified atom stereocenters. The molecular weight excluding hydrogens is 862 g/mol. The van der Waals surface area contributed by atoms with Crippen molar-refractivity contribution in [3.05, 3.63) is 119 Å². The lowest BCUT2D eigenvalue weighted by Gasteiger charge is -2.18. The van der Waals surface area contributed by atoms with E-state index in [1.54, 1.807) is 24.3 Å².